The molecular formula is C33H49N5O6. The Bertz CT molecular complexity index is 1230. The van der Waals surface area contributed by atoms with Crippen molar-refractivity contribution in [3.8, 4) is 5.75 Å². The second-order valence-corrected chi connectivity index (χ2v) is 11.9. The molecule has 1 heterocycles. The van der Waals surface area contributed by atoms with Crippen molar-refractivity contribution in [2.45, 2.75) is 78.2 Å². The summed E-state index contributed by atoms with van der Waals surface area (Å²) in [6.07, 6.45) is 1.89. The van der Waals surface area contributed by atoms with Crippen molar-refractivity contribution >= 4 is 29.3 Å². The SMILES string of the molecule is CC(C)NC(=O)Nc1ccc2c(c1)C(=O)N([C@@H](C)CO)C[C@H](C)[C@@H](CN(C)C(=O)Nc1ccccc1)OCCCC[C@@H](C)O2. The average molecular weight is 612 g/mol. The molecule has 11 heteroatoms. The van der Waals surface area contributed by atoms with Gasteiger partial charge in [0.05, 0.1) is 30.4 Å². The number of nitrogens with one attached hydrogen (secondary N) is 3. The van der Waals surface area contributed by atoms with Gasteiger partial charge in [0.2, 0.25) is 0 Å². The molecule has 242 valence electrons. The summed E-state index contributed by atoms with van der Waals surface area (Å²) < 4.78 is 12.6. The van der Waals surface area contributed by atoms with E-state index < -0.39 is 6.04 Å². The molecule has 4 atom stereocenters. The summed E-state index contributed by atoms with van der Waals surface area (Å²) in [6, 6.07) is 13.1. The van der Waals surface area contributed by atoms with E-state index in [1.807, 2.05) is 58.0 Å². The van der Waals surface area contributed by atoms with Crippen LogP contribution in [-0.4, -0.2) is 90.5 Å². The van der Waals surface area contributed by atoms with E-state index in [4.69, 9.17) is 9.47 Å². The van der Waals surface area contributed by atoms with Crippen molar-refractivity contribution in [3.63, 3.8) is 0 Å². The largest absolute Gasteiger partial charge is 0.490 e. The number of benzene rings is 2. The Balaban J connectivity index is 1.89. The number of para-hydroxylation sites is 1. The average Bonchev–Trinajstić information content (AvgIpc) is 2.98. The third-order valence-corrected chi connectivity index (χ3v) is 7.55. The number of fused-ring (bicyclic) bond motifs is 1. The maximum absolute atomic E-state index is 14.2. The Hall–Kier alpha value is -3.83. The maximum atomic E-state index is 14.2. The molecule has 0 fully saturated rings. The Morgan fingerprint density at radius 3 is 2.45 bits per heavy atom. The van der Waals surface area contributed by atoms with Crippen LogP contribution in [0.25, 0.3) is 0 Å². The number of urea groups is 2. The molecule has 0 saturated carbocycles. The predicted molar refractivity (Wildman–Crippen MR) is 172 cm³/mol. The second kappa shape index (κ2) is 16.9. The van der Waals surface area contributed by atoms with Crippen molar-refractivity contribution in [1.82, 2.24) is 15.1 Å². The third-order valence-electron chi connectivity index (χ3n) is 7.55. The Kier molecular flexibility index (Phi) is 13.3. The number of aliphatic hydroxyl groups excluding tert-OH is 1. The van der Waals surface area contributed by atoms with Crippen LogP contribution in [0.4, 0.5) is 21.0 Å². The topological polar surface area (TPSA) is 132 Å². The number of carbonyl (C=O) groups excluding carboxylic acids is 3. The van der Waals surface area contributed by atoms with Gasteiger partial charge in [0, 0.05) is 50.1 Å². The van der Waals surface area contributed by atoms with Gasteiger partial charge < -0.3 is 40.3 Å². The van der Waals surface area contributed by atoms with Crippen LogP contribution in [0.1, 0.15) is 64.2 Å². The van der Waals surface area contributed by atoms with Crippen LogP contribution in [0.2, 0.25) is 0 Å². The number of anilines is 2. The lowest BCUT2D eigenvalue weighted by molar-refractivity contribution is -0.0115. The number of hydrogen-bond acceptors (Lipinski definition) is 6. The molecule has 0 aliphatic carbocycles. The minimum absolute atomic E-state index is 0.0564. The molecule has 3 rings (SSSR count). The number of nitrogens with zero attached hydrogens (tertiary/aromatic N) is 2. The molecule has 0 aromatic heterocycles. The Labute approximate surface area is 261 Å². The second-order valence-electron chi connectivity index (χ2n) is 11.9. The molecule has 1 aliphatic rings. The summed E-state index contributed by atoms with van der Waals surface area (Å²) in [5.74, 6) is -0.105. The molecule has 0 bridgehead atoms. The fourth-order valence-electron chi connectivity index (χ4n) is 4.99. The minimum Gasteiger partial charge on any atom is -0.490 e. The molecule has 11 nitrogen and oxygen atoms in total. The number of rotatable bonds is 7. The minimum atomic E-state index is -0.510. The summed E-state index contributed by atoms with van der Waals surface area (Å²) in [5, 5.41) is 18.6. The van der Waals surface area contributed by atoms with Gasteiger partial charge in [-0.15, -0.1) is 0 Å². The zero-order valence-electron chi connectivity index (χ0n) is 26.8. The lowest BCUT2D eigenvalue weighted by Gasteiger charge is -2.35. The highest BCUT2D eigenvalue weighted by molar-refractivity contribution is 5.99. The highest BCUT2D eigenvalue weighted by Crippen LogP contribution is 2.28. The first-order valence-corrected chi connectivity index (χ1v) is 15.5. The van der Waals surface area contributed by atoms with Crippen LogP contribution in [0.3, 0.4) is 0 Å². The summed E-state index contributed by atoms with van der Waals surface area (Å²) in [7, 11) is 1.72. The number of aliphatic hydroxyl groups is 1. The van der Waals surface area contributed by atoms with Crippen molar-refractivity contribution in [1.29, 1.82) is 0 Å². The molecule has 0 radical (unpaired) electrons. The normalized spacial score (nSPS) is 20.5. The van der Waals surface area contributed by atoms with Gasteiger partial charge in [-0.05, 0) is 77.3 Å². The Morgan fingerprint density at radius 2 is 1.77 bits per heavy atom. The van der Waals surface area contributed by atoms with Gasteiger partial charge in [-0.25, -0.2) is 9.59 Å². The van der Waals surface area contributed by atoms with Crippen molar-refractivity contribution < 1.29 is 29.0 Å². The molecule has 44 heavy (non-hydrogen) atoms. The number of likely N-dealkylation sites (N-methyl/N-ethyl adjacent to an activating group) is 1. The summed E-state index contributed by atoms with van der Waals surface area (Å²) in [4.78, 5) is 42.8. The summed E-state index contributed by atoms with van der Waals surface area (Å²) in [6.45, 7) is 10.3. The number of amides is 5. The van der Waals surface area contributed by atoms with E-state index in [1.54, 1.807) is 42.0 Å². The van der Waals surface area contributed by atoms with Crippen LogP contribution in [0.5, 0.6) is 5.75 Å². The van der Waals surface area contributed by atoms with Gasteiger partial charge >= 0.3 is 12.1 Å². The molecule has 0 spiro atoms. The van der Waals surface area contributed by atoms with Crippen molar-refractivity contribution in [3.05, 3.63) is 54.1 Å². The lowest BCUT2D eigenvalue weighted by atomic mass is 10.0. The van der Waals surface area contributed by atoms with E-state index in [2.05, 4.69) is 16.0 Å². The monoisotopic (exact) mass is 611 g/mol. The van der Waals surface area contributed by atoms with E-state index in [1.165, 1.54) is 0 Å². The van der Waals surface area contributed by atoms with Gasteiger partial charge in [-0.2, -0.15) is 0 Å². The smallest absolute Gasteiger partial charge is 0.321 e. The van der Waals surface area contributed by atoms with Crippen molar-refractivity contribution in [2.75, 3.05) is 44.0 Å². The molecular weight excluding hydrogens is 562 g/mol. The number of ether oxygens (including phenoxy) is 2. The molecule has 0 unspecified atom stereocenters. The first kappa shape index (κ1) is 34.7. The zero-order valence-corrected chi connectivity index (χ0v) is 26.8. The zero-order chi connectivity index (χ0) is 32.2. The first-order chi connectivity index (χ1) is 21.0. The van der Waals surface area contributed by atoms with E-state index in [9.17, 15) is 19.5 Å². The van der Waals surface area contributed by atoms with E-state index in [0.717, 1.165) is 19.3 Å². The number of carbonyl (C=O) groups is 3. The van der Waals surface area contributed by atoms with Crippen LogP contribution in [-0.2, 0) is 4.74 Å². The molecule has 5 amide bonds. The molecule has 2 aromatic carbocycles. The van der Waals surface area contributed by atoms with Gasteiger partial charge in [0.25, 0.3) is 5.91 Å². The van der Waals surface area contributed by atoms with Crippen molar-refractivity contribution in [2.24, 2.45) is 5.92 Å². The molecule has 4 N–H and O–H groups in total. The highest BCUT2D eigenvalue weighted by Gasteiger charge is 2.31. The van der Waals surface area contributed by atoms with Crippen LogP contribution in [0.15, 0.2) is 48.5 Å². The van der Waals surface area contributed by atoms with Gasteiger partial charge in [-0.1, -0.05) is 25.1 Å². The van der Waals surface area contributed by atoms with Crippen LogP contribution >= 0.6 is 0 Å². The fourth-order valence-corrected chi connectivity index (χ4v) is 4.99. The lowest BCUT2D eigenvalue weighted by Crippen LogP contribution is -2.48. The molecule has 2 aromatic rings. The van der Waals surface area contributed by atoms with Crippen LogP contribution < -0.4 is 20.7 Å². The van der Waals surface area contributed by atoms with E-state index >= 15 is 0 Å². The predicted octanol–water partition coefficient (Wildman–Crippen LogP) is 5.18. The summed E-state index contributed by atoms with van der Waals surface area (Å²) >= 11 is 0. The molecule has 0 saturated heterocycles. The summed E-state index contributed by atoms with van der Waals surface area (Å²) in [5.41, 5.74) is 1.44. The third kappa shape index (κ3) is 10.4. The maximum Gasteiger partial charge on any atom is 0.321 e. The highest BCUT2D eigenvalue weighted by atomic mass is 16.5. The number of hydrogen-bond donors (Lipinski definition) is 4. The van der Waals surface area contributed by atoms with Gasteiger partial charge in [0.1, 0.15) is 5.75 Å². The molecule has 1 aliphatic heterocycles. The van der Waals surface area contributed by atoms with E-state index in [-0.39, 0.29) is 55.3 Å². The fraction of sp³-hybridized carbons (Fsp3) is 0.545. The Morgan fingerprint density at radius 1 is 1.05 bits per heavy atom. The quantitative estimate of drug-likeness (QED) is 0.341. The van der Waals surface area contributed by atoms with Gasteiger partial charge in [0.15, 0.2) is 0 Å². The van der Waals surface area contributed by atoms with Gasteiger partial charge in [-0.3, -0.25) is 4.79 Å². The van der Waals surface area contributed by atoms with E-state index in [0.29, 0.717) is 35.8 Å². The standard InChI is InChI=1S/C33H49N5O6/c1-22(2)34-32(41)35-27-15-16-29-28(18-27)31(40)38(24(4)21-39)19-23(3)30(43-17-11-10-12-25(5)44-29)20-37(6)33(42)36-26-13-8-7-9-14-26/h7-9,13-16,18,22-25,30,39H,10-12,17,19-21H2,1-6H3,(H,36,42)(H2,34,35,41)/t23-,24-,25+,30+/m0/s1. The first-order valence-electron chi connectivity index (χ1n) is 15.5. The van der Waals surface area contributed by atoms with Crippen LogP contribution in [0, 0.1) is 5.92 Å².